The van der Waals surface area contributed by atoms with Crippen molar-refractivity contribution in [3.63, 3.8) is 0 Å². The highest BCUT2D eigenvalue weighted by atomic mass is 19.4. The van der Waals surface area contributed by atoms with Gasteiger partial charge in [-0.3, -0.25) is 4.79 Å². The second-order valence-electron chi connectivity index (χ2n) is 4.09. The van der Waals surface area contributed by atoms with Gasteiger partial charge in [-0.05, 0) is 23.8 Å². The van der Waals surface area contributed by atoms with E-state index in [2.05, 4.69) is 0 Å². The third-order valence-corrected chi connectivity index (χ3v) is 2.33. The van der Waals surface area contributed by atoms with Gasteiger partial charge < -0.3 is 10.4 Å². The smallest absolute Gasteiger partial charge is 0.397 e. The van der Waals surface area contributed by atoms with Crippen LogP contribution in [0.5, 0.6) is 0 Å². The molecule has 1 aromatic rings. The van der Waals surface area contributed by atoms with Crippen LogP contribution in [0.1, 0.15) is 17.5 Å². The Balaban J connectivity index is 2.72. The quantitative estimate of drug-likeness (QED) is 0.649. The van der Waals surface area contributed by atoms with Gasteiger partial charge in [0.05, 0.1) is 0 Å². The summed E-state index contributed by atoms with van der Waals surface area (Å²) in [7, 11) is 0. The first-order chi connectivity index (χ1) is 9.67. The van der Waals surface area contributed by atoms with Crippen LogP contribution in [0.25, 0.3) is 6.08 Å². The largest absolute Gasteiger partial charge is 0.478 e. The number of hydrogen-bond acceptors (Lipinski definition) is 2. The summed E-state index contributed by atoms with van der Waals surface area (Å²) in [4.78, 5) is 21.3. The number of nitrogens with one attached hydrogen (secondary N) is 1. The molecule has 8 heteroatoms. The maximum atomic E-state index is 13.4. The fourth-order valence-electron chi connectivity index (χ4n) is 1.44. The Morgan fingerprint density at radius 1 is 1.29 bits per heavy atom. The molecule has 0 aliphatic rings. The Morgan fingerprint density at radius 2 is 1.95 bits per heavy atom. The van der Waals surface area contributed by atoms with E-state index in [1.54, 1.807) is 0 Å². The summed E-state index contributed by atoms with van der Waals surface area (Å²) >= 11 is 0. The van der Waals surface area contributed by atoms with E-state index in [0.29, 0.717) is 5.56 Å². The highest BCUT2D eigenvalue weighted by Gasteiger charge is 2.30. The summed E-state index contributed by atoms with van der Waals surface area (Å²) < 4.78 is 49.3. The lowest BCUT2D eigenvalue weighted by Gasteiger charge is -2.09. The van der Waals surface area contributed by atoms with Crippen LogP contribution < -0.4 is 5.32 Å². The minimum absolute atomic E-state index is 0.0435. The molecule has 114 valence electrons. The Morgan fingerprint density at radius 3 is 2.52 bits per heavy atom. The Bertz CT molecular complexity index is 567. The van der Waals surface area contributed by atoms with Crippen molar-refractivity contribution in [2.45, 2.75) is 19.1 Å². The van der Waals surface area contributed by atoms with Crippen molar-refractivity contribution < 1.29 is 32.3 Å². The van der Waals surface area contributed by atoms with E-state index in [0.717, 1.165) is 12.1 Å². The van der Waals surface area contributed by atoms with Crippen LogP contribution in [0.3, 0.4) is 0 Å². The van der Waals surface area contributed by atoms with Gasteiger partial charge in [-0.15, -0.1) is 0 Å². The number of carbonyl (C=O) groups is 2. The second-order valence-corrected chi connectivity index (χ2v) is 4.09. The van der Waals surface area contributed by atoms with Crippen molar-refractivity contribution in [1.29, 1.82) is 0 Å². The highest BCUT2D eigenvalue weighted by molar-refractivity contribution is 5.85. The number of carboxylic acids is 1. The van der Waals surface area contributed by atoms with Gasteiger partial charge in [0.25, 0.3) is 0 Å². The van der Waals surface area contributed by atoms with E-state index < -0.39 is 36.8 Å². The molecule has 0 unspecified atom stereocenters. The maximum absolute atomic E-state index is 13.4. The standard InChI is InChI=1S/C13H11F4NO3/c14-10-3-1-8(2-4-12(20)21)5-9(10)7-18-11(19)6-13(15,16)17/h1-5H,6-7H2,(H,18,19)(H,20,21). The lowest BCUT2D eigenvalue weighted by Crippen LogP contribution is -2.28. The van der Waals surface area contributed by atoms with Crippen LogP contribution in [0, 0.1) is 5.82 Å². The molecule has 2 N–H and O–H groups in total. The number of hydrogen-bond donors (Lipinski definition) is 2. The van der Waals surface area contributed by atoms with Gasteiger partial charge in [0, 0.05) is 18.2 Å². The van der Waals surface area contributed by atoms with E-state index >= 15 is 0 Å². The van der Waals surface area contributed by atoms with Gasteiger partial charge in [0.2, 0.25) is 5.91 Å². The summed E-state index contributed by atoms with van der Waals surface area (Å²) in [5.74, 6) is -3.18. The van der Waals surface area contributed by atoms with Crippen LogP contribution in [0.15, 0.2) is 24.3 Å². The van der Waals surface area contributed by atoms with E-state index in [4.69, 9.17) is 5.11 Å². The topological polar surface area (TPSA) is 66.4 Å². The van der Waals surface area contributed by atoms with Crippen LogP contribution in [0.2, 0.25) is 0 Å². The molecule has 4 nitrogen and oxygen atoms in total. The summed E-state index contributed by atoms with van der Waals surface area (Å²) in [5, 5.41) is 10.4. The highest BCUT2D eigenvalue weighted by Crippen LogP contribution is 2.19. The van der Waals surface area contributed by atoms with Gasteiger partial charge in [0.15, 0.2) is 0 Å². The zero-order chi connectivity index (χ0) is 16.0. The molecular weight excluding hydrogens is 294 g/mol. The zero-order valence-corrected chi connectivity index (χ0v) is 10.6. The van der Waals surface area contributed by atoms with Crippen molar-refractivity contribution in [3.05, 3.63) is 41.2 Å². The summed E-state index contributed by atoms with van der Waals surface area (Å²) in [5.41, 5.74) is 0.303. The first-order valence-electron chi connectivity index (χ1n) is 5.70. The van der Waals surface area contributed by atoms with Crippen LogP contribution in [0.4, 0.5) is 17.6 Å². The summed E-state index contributed by atoms with van der Waals surface area (Å²) in [6, 6.07) is 3.57. The Kier molecular flexibility index (Phi) is 5.45. The van der Waals surface area contributed by atoms with Gasteiger partial charge in [-0.25, -0.2) is 9.18 Å². The molecule has 0 fully saturated rings. The zero-order valence-electron chi connectivity index (χ0n) is 10.6. The van der Waals surface area contributed by atoms with Gasteiger partial charge in [-0.1, -0.05) is 6.07 Å². The molecule has 0 heterocycles. The number of carbonyl (C=O) groups excluding carboxylic acids is 1. The predicted octanol–water partition coefficient (Wildman–Crippen LogP) is 2.49. The fraction of sp³-hybridized carbons (Fsp3) is 0.231. The molecule has 21 heavy (non-hydrogen) atoms. The van der Waals surface area contributed by atoms with Gasteiger partial charge >= 0.3 is 12.1 Å². The lowest BCUT2D eigenvalue weighted by atomic mass is 10.1. The molecule has 0 atom stereocenters. The van der Waals surface area contributed by atoms with Crippen molar-refractivity contribution in [3.8, 4) is 0 Å². The summed E-state index contributed by atoms with van der Waals surface area (Å²) in [6.07, 6.45) is -4.25. The van der Waals surface area contributed by atoms with Gasteiger partial charge in [-0.2, -0.15) is 13.2 Å². The fourth-order valence-corrected chi connectivity index (χ4v) is 1.44. The number of halogens is 4. The van der Waals surface area contributed by atoms with Crippen LogP contribution in [-0.4, -0.2) is 23.2 Å². The predicted molar refractivity (Wildman–Crippen MR) is 65.6 cm³/mol. The van der Waals surface area contributed by atoms with Crippen molar-refractivity contribution in [2.24, 2.45) is 0 Å². The van der Waals surface area contributed by atoms with E-state index in [1.165, 1.54) is 18.2 Å². The molecule has 1 rings (SSSR count). The van der Waals surface area contributed by atoms with Crippen molar-refractivity contribution in [2.75, 3.05) is 0 Å². The van der Waals surface area contributed by atoms with Crippen LogP contribution in [-0.2, 0) is 16.1 Å². The molecule has 0 saturated carbocycles. The van der Waals surface area contributed by atoms with Crippen molar-refractivity contribution in [1.82, 2.24) is 5.32 Å². The minimum Gasteiger partial charge on any atom is -0.478 e. The average molecular weight is 305 g/mol. The van der Waals surface area contributed by atoms with E-state index in [1.807, 2.05) is 5.32 Å². The molecule has 0 aliphatic heterocycles. The Labute approximate surface area is 117 Å². The van der Waals surface area contributed by atoms with E-state index in [-0.39, 0.29) is 5.56 Å². The summed E-state index contributed by atoms with van der Waals surface area (Å²) in [6.45, 7) is -0.421. The van der Waals surface area contributed by atoms with E-state index in [9.17, 15) is 27.2 Å². The first-order valence-corrected chi connectivity index (χ1v) is 5.70. The maximum Gasteiger partial charge on any atom is 0.397 e. The first kappa shape index (κ1) is 16.7. The molecule has 0 radical (unpaired) electrons. The molecule has 0 aromatic heterocycles. The van der Waals surface area contributed by atoms with Crippen LogP contribution >= 0.6 is 0 Å². The molecule has 0 aliphatic carbocycles. The monoisotopic (exact) mass is 305 g/mol. The number of amides is 1. The second kappa shape index (κ2) is 6.87. The number of rotatable bonds is 5. The molecule has 0 bridgehead atoms. The average Bonchev–Trinajstić information content (AvgIpc) is 2.34. The number of aliphatic carboxylic acids is 1. The normalized spacial score (nSPS) is 11.6. The molecule has 0 spiro atoms. The molecule has 0 saturated heterocycles. The molecular formula is C13H11F4NO3. The molecule has 1 aromatic carbocycles. The third-order valence-electron chi connectivity index (χ3n) is 2.33. The number of benzene rings is 1. The van der Waals surface area contributed by atoms with Gasteiger partial charge in [0.1, 0.15) is 12.2 Å². The Hall–Kier alpha value is -2.38. The SMILES string of the molecule is O=C(O)C=Cc1ccc(F)c(CNC(=O)CC(F)(F)F)c1. The van der Waals surface area contributed by atoms with Crippen molar-refractivity contribution >= 4 is 18.0 Å². The number of carboxylic acid groups (broad SMARTS) is 1. The third kappa shape index (κ3) is 6.55. The molecule has 1 amide bonds. The minimum atomic E-state index is -4.63. The number of alkyl halides is 3. The lowest BCUT2D eigenvalue weighted by molar-refractivity contribution is -0.153.